The lowest BCUT2D eigenvalue weighted by Gasteiger charge is -2.04. The number of allylic oxidation sites excluding steroid dienone is 1. The highest BCUT2D eigenvalue weighted by Gasteiger charge is 2.05. The molecule has 0 aliphatic heterocycles. The molecule has 2 heteroatoms. The van der Waals surface area contributed by atoms with Crippen molar-refractivity contribution < 1.29 is 4.79 Å². The highest BCUT2D eigenvalue weighted by Crippen LogP contribution is 1.92. The van der Waals surface area contributed by atoms with Crippen LogP contribution in [0.3, 0.4) is 0 Å². The first-order chi connectivity index (χ1) is 4.57. The van der Waals surface area contributed by atoms with Gasteiger partial charge in [-0.1, -0.05) is 5.57 Å². The van der Waals surface area contributed by atoms with Crippen LogP contribution in [-0.4, -0.2) is 18.9 Å². The topological polar surface area (TPSA) is 29.1 Å². The van der Waals surface area contributed by atoms with Gasteiger partial charge in [-0.05, 0) is 33.9 Å². The average molecular weight is 141 g/mol. The summed E-state index contributed by atoms with van der Waals surface area (Å²) >= 11 is 0. The Kier molecular flexibility index (Phi) is 3.96. The van der Waals surface area contributed by atoms with E-state index in [2.05, 4.69) is 5.32 Å². The molecule has 0 amide bonds. The van der Waals surface area contributed by atoms with E-state index in [1.54, 1.807) is 13.1 Å². The van der Waals surface area contributed by atoms with Gasteiger partial charge in [-0.2, -0.15) is 0 Å². The average Bonchev–Trinajstić information content (AvgIpc) is 1.85. The lowest BCUT2D eigenvalue weighted by Crippen LogP contribution is -2.29. The molecule has 1 atom stereocenters. The molecule has 0 saturated carbocycles. The maximum atomic E-state index is 11.0. The SMILES string of the molecule is CNC(C)C(=O)C=C(C)C. The second-order valence-electron chi connectivity index (χ2n) is 2.63. The van der Waals surface area contributed by atoms with Crippen molar-refractivity contribution in [3.05, 3.63) is 11.6 Å². The van der Waals surface area contributed by atoms with E-state index >= 15 is 0 Å². The summed E-state index contributed by atoms with van der Waals surface area (Å²) in [5.41, 5.74) is 1.05. The zero-order chi connectivity index (χ0) is 8.15. The summed E-state index contributed by atoms with van der Waals surface area (Å²) in [5.74, 6) is 0.141. The van der Waals surface area contributed by atoms with Crippen molar-refractivity contribution in [2.24, 2.45) is 0 Å². The Morgan fingerprint density at radius 1 is 1.50 bits per heavy atom. The molecule has 1 unspecified atom stereocenters. The summed E-state index contributed by atoms with van der Waals surface area (Å²) in [6.07, 6.45) is 1.65. The van der Waals surface area contributed by atoms with Gasteiger partial charge in [0.15, 0.2) is 5.78 Å². The van der Waals surface area contributed by atoms with Gasteiger partial charge in [0.1, 0.15) is 0 Å². The second kappa shape index (κ2) is 4.23. The molecule has 0 rings (SSSR count). The number of ketones is 1. The third-order valence-electron chi connectivity index (χ3n) is 1.29. The van der Waals surface area contributed by atoms with Crippen LogP contribution in [0.15, 0.2) is 11.6 Å². The lowest BCUT2D eigenvalue weighted by molar-refractivity contribution is -0.116. The molecule has 0 spiro atoms. The fraction of sp³-hybridized carbons (Fsp3) is 0.625. The van der Waals surface area contributed by atoms with E-state index in [-0.39, 0.29) is 11.8 Å². The third-order valence-corrected chi connectivity index (χ3v) is 1.29. The minimum absolute atomic E-state index is 0.0603. The molecule has 2 nitrogen and oxygen atoms in total. The van der Waals surface area contributed by atoms with Gasteiger partial charge in [0.05, 0.1) is 6.04 Å². The molecule has 0 saturated heterocycles. The van der Waals surface area contributed by atoms with E-state index < -0.39 is 0 Å². The zero-order valence-electron chi connectivity index (χ0n) is 7.06. The van der Waals surface area contributed by atoms with E-state index in [0.29, 0.717) is 0 Å². The van der Waals surface area contributed by atoms with E-state index in [1.165, 1.54) is 0 Å². The number of hydrogen-bond donors (Lipinski definition) is 1. The van der Waals surface area contributed by atoms with Crippen molar-refractivity contribution in [2.75, 3.05) is 7.05 Å². The largest absolute Gasteiger partial charge is 0.310 e. The lowest BCUT2D eigenvalue weighted by atomic mass is 10.1. The van der Waals surface area contributed by atoms with E-state index in [1.807, 2.05) is 20.8 Å². The van der Waals surface area contributed by atoms with Gasteiger partial charge in [-0.15, -0.1) is 0 Å². The minimum Gasteiger partial charge on any atom is -0.310 e. The number of hydrogen-bond acceptors (Lipinski definition) is 2. The highest BCUT2D eigenvalue weighted by molar-refractivity contribution is 5.94. The van der Waals surface area contributed by atoms with Crippen LogP contribution in [0.5, 0.6) is 0 Å². The van der Waals surface area contributed by atoms with Crippen LogP contribution >= 0.6 is 0 Å². The maximum absolute atomic E-state index is 11.0. The molecule has 58 valence electrons. The van der Waals surface area contributed by atoms with Crippen molar-refractivity contribution in [3.8, 4) is 0 Å². The standard InChI is InChI=1S/C8H15NO/c1-6(2)5-8(10)7(3)9-4/h5,7,9H,1-4H3. The Bertz CT molecular complexity index is 145. The Labute approximate surface area is 62.3 Å². The highest BCUT2D eigenvalue weighted by atomic mass is 16.1. The first-order valence-corrected chi connectivity index (χ1v) is 3.44. The van der Waals surface area contributed by atoms with Gasteiger partial charge in [0, 0.05) is 0 Å². The molecule has 0 aliphatic carbocycles. The molecular weight excluding hydrogens is 126 g/mol. The van der Waals surface area contributed by atoms with Crippen molar-refractivity contribution in [1.29, 1.82) is 0 Å². The Hall–Kier alpha value is -0.630. The fourth-order valence-corrected chi connectivity index (χ4v) is 0.552. The molecule has 0 bridgehead atoms. The van der Waals surface area contributed by atoms with Gasteiger partial charge in [-0.3, -0.25) is 4.79 Å². The first kappa shape index (κ1) is 9.37. The van der Waals surface area contributed by atoms with Gasteiger partial charge < -0.3 is 5.32 Å². The number of likely N-dealkylation sites (N-methyl/N-ethyl adjacent to an activating group) is 1. The van der Waals surface area contributed by atoms with Crippen LogP contribution in [0.4, 0.5) is 0 Å². The number of nitrogens with one attached hydrogen (secondary N) is 1. The van der Waals surface area contributed by atoms with Crippen LogP contribution in [-0.2, 0) is 4.79 Å². The molecule has 10 heavy (non-hydrogen) atoms. The molecule has 1 N–H and O–H groups in total. The summed E-state index contributed by atoms with van der Waals surface area (Å²) in [4.78, 5) is 11.0. The molecule has 0 fully saturated rings. The molecule has 0 radical (unpaired) electrons. The summed E-state index contributed by atoms with van der Waals surface area (Å²) in [6, 6.07) is -0.0603. The Balaban J connectivity index is 3.97. The normalized spacial score (nSPS) is 12.4. The van der Waals surface area contributed by atoms with Crippen molar-refractivity contribution in [2.45, 2.75) is 26.8 Å². The molecule has 0 aromatic heterocycles. The molecule has 0 aromatic rings. The van der Waals surface area contributed by atoms with Gasteiger partial charge in [-0.25, -0.2) is 0 Å². The monoisotopic (exact) mass is 141 g/mol. The Morgan fingerprint density at radius 2 is 2.00 bits per heavy atom. The quantitative estimate of drug-likeness (QED) is 0.597. The smallest absolute Gasteiger partial charge is 0.172 e. The van der Waals surface area contributed by atoms with Crippen LogP contribution in [0.25, 0.3) is 0 Å². The van der Waals surface area contributed by atoms with Gasteiger partial charge in [0.25, 0.3) is 0 Å². The number of rotatable bonds is 3. The summed E-state index contributed by atoms with van der Waals surface area (Å²) in [5, 5.41) is 2.88. The summed E-state index contributed by atoms with van der Waals surface area (Å²) in [6.45, 7) is 5.68. The predicted octanol–water partition coefficient (Wildman–Crippen LogP) is 1.13. The van der Waals surface area contributed by atoms with Gasteiger partial charge >= 0.3 is 0 Å². The van der Waals surface area contributed by atoms with Crippen LogP contribution in [0, 0.1) is 0 Å². The van der Waals surface area contributed by atoms with Crippen LogP contribution in [0.2, 0.25) is 0 Å². The molecular formula is C8H15NO. The minimum atomic E-state index is -0.0603. The van der Waals surface area contributed by atoms with Crippen LogP contribution in [0.1, 0.15) is 20.8 Å². The summed E-state index contributed by atoms with van der Waals surface area (Å²) in [7, 11) is 1.78. The van der Waals surface area contributed by atoms with Crippen LogP contribution < -0.4 is 5.32 Å². The number of carbonyl (C=O) groups is 1. The van der Waals surface area contributed by atoms with E-state index in [4.69, 9.17) is 0 Å². The summed E-state index contributed by atoms with van der Waals surface area (Å²) < 4.78 is 0. The van der Waals surface area contributed by atoms with E-state index in [9.17, 15) is 4.79 Å². The zero-order valence-corrected chi connectivity index (χ0v) is 7.06. The van der Waals surface area contributed by atoms with Crippen molar-refractivity contribution >= 4 is 5.78 Å². The fourth-order valence-electron chi connectivity index (χ4n) is 0.552. The number of carbonyl (C=O) groups excluding carboxylic acids is 1. The second-order valence-corrected chi connectivity index (χ2v) is 2.63. The molecule has 0 aromatic carbocycles. The predicted molar refractivity (Wildman–Crippen MR) is 43.0 cm³/mol. The van der Waals surface area contributed by atoms with Crippen molar-refractivity contribution in [1.82, 2.24) is 5.32 Å². The van der Waals surface area contributed by atoms with Crippen molar-refractivity contribution in [3.63, 3.8) is 0 Å². The van der Waals surface area contributed by atoms with E-state index in [0.717, 1.165) is 5.57 Å². The molecule has 0 heterocycles. The third kappa shape index (κ3) is 3.41. The van der Waals surface area contributed by atoms with Gasteiger partial charge in [0.2, 0.25) is 0 Å². The Morgan fingerprint density at radius 3 is 2.30 bits per heavy atom. The first-order valence-electron chi connectivity index (χ1n) is 3.44. The molecule has 0 aliphatic rings. The maximum Gasteiger partial charge on any atom is 0.172 e.